The molecule has 0 bridgehead atoms. The molecule has 0 N–H and O–H groups in total. The maximum atomic E-state index is 11.0. The number of rotatable bonds is 4. The molecule has 0 saturated heterocycles. The first-order valence-electron chi connectivity index (χ1n) is 3.31. The van der Waals surface area contributed by atoms with Gasteiger partial charge in [-0.1, -0.05) is 0 Å². The Kier molecular flexibility index (Phi) is 4.42. The highest BCUT2D eigenvalue weighted by Gasteiger charge is 2.12. The van der Waals surface area contributed by atoms with Gasteiger partial charge in [0.1, 0.15) is 15.1 Å². The topological polar surface area (TPSA) is 75.0 Å². The molecule has 0 heterocycles. The van der Waals surface area contributed by atoms with Crippen LogP contribution in [0.1, 0.15) is 6.92 Å². The van der Waals surface area contributed by atoms with Crippen molar-refractivity contribution in [3.63, 3.8) is 0 Å². The van der Waals surface area contributed by atoms with Crippen LogP contribution in [0.5, 0.6) is 0 Å². The second-order valence-corrected chi connectivity index (χ2v) is 6.62. The molecule has 0 fully saturated rings. The SMILES string of the molecule is CC(C#N)S(=O)CCS(C)(=O)=O. The van der Waals surface area contributed by atoms with Crippen molar-refractivity contribution in [1.29, 1.82) is 5.26 Å². The van der Waals surface area contributed by atoms with Crippen LogP contribution in [-0.4, -0.2) is 35.6 Å². The van der Waals surface area contributed by atoms with Crippen molar-refractivity contribution in [2.75, 3.05) is 17.8 Å². The summed E-state index contributed by atoms with van der Waals surface area (Å²) in [5, 5.41) is 7.75. The zero-order valence-electron chi connectivity index (χ0n) is 6.98. The van der Waals surface area contributed by atoms with E-state index in [1.807, 2.05) is 0 Å². The summed E-state index contributed by atoms with van der Waals surface area (Å²) in [5.41, 5.74) is 0. The monoisotopic (exact) mass is 209 g/mol. The van der Waals surface area contributed by atoms with Crippen molar-refractivity contribution in [3.8, 4) is 6.07 Å². The van der Waals surface area contributed by atoms with Crippen LogP contribution in [0.2, 0.25) is 0 Å². The normalized spacial score (nSPS) is 16.4. The minimum atomic E-state index is -3.06. The molecule has 12 heavy (non-hydrogen) atoms. The Hall–Kier alpha value is -0.410. The average Bonchev–Trinajstić information content (AvgIpc) is 1.97. The third-order valence-corrected chi connectivity index (χ3v) is 3.94. The predicted molar refractivity (Wildman–Crippen MR) is 47.8 cm³/mol. The second-order valence-electron chi connectivity index (χ2n) is 2.49. The second kappa shape index (κ2) is 4.58. The van der Waals surface area contributed by atoms with Gasteiger partial charge in [-0.2, -0.15) is 5.26 Å². The van der Waals surface area contributed by atoms with E-state index in [0.717, 1.165) is 6.26 Å². The lowest BCUT2D eigenvalue weighted by atomic mass is 10.5. The van der Waals surface area contributed by atoms with Crippen LogP contribution in [0, 0.1) is 11.3 Å². The molecule has 0 rings (SSSR count). The van der Waals surface area contributed by atoms with Gasteiger partial charge < -0.3 is 0 Å². The summed E-state index contributed by atoms with van der Waals surface area (Å²) < 4.78 is 32.3. The van der Waals surface area contributed by atoms with Gasteiger partial charge in [0.05, 0.1) is 11.8 Å². The molecule has 0 aliphatic heterocycles. The summed E-state index contributed by atoms with van der Waals surface area (Å²) in [5.74, 6) is -0.0702. The maximum Gasteiger partial charge on any atom is 0.148 e. The Bertz CT molecular complexity index is 301. The highest BCUT2D eigenvalue weighted by molar-refractivity contribution is 7.92. The van der Waals surface area contributed by atoms with Crippen molar-refractivity contribution in [2.24, 2.45) is 0 Å². The van der Waals surface area contributed by atoms with Gasteiger partial charge in [0, 0.05) is 22.8 Å². The number of sulfone groups is 1. The van der Waals surface area contributed by atoms with Crippen molar-refractivity contribution >= 4 is 20.6 Å². The summed E-state index contributed by atoms with van der Waals surface area (Å²) in [6.07, 6.45) is 1.08. The van der Waals surface area contributed by atoms with Crippen LogP contribution in [0.3, 0.4) is 0 Å². The number of hydrogen-bond acceptors (Lipinski definition) is 4. The molecule has 0 saturated carbocycles. The Labute approximate surface area is 75.0 Å². The van der Waals surface area contributed by atoms with E-state index in [0.29, 0.717) is 0 Å². The zero-order chi connectivity index (χ0) is 9.78. The van der Waals surface area contributed by atoms with Gasteiger partial charge in [0.25, 0.3) is 0 Å². The van der Waals surface area contributed by atoms with Crippen LogP contribution in [-0.2, 0) is 20.6 Å². The van der Waals surface area contributed by atoms with Gasteiger partial charge in [-0.25, -0.2) is 8.42 Å². The minimum absolute atomic E-state index is 0.0492. The predicted octanol–water partition coefficient (Wildman–Crippen LogP) is -0.308. The first-order chi connectivity index (χ1) is 5.37. The van der Waals surface area contributed by atoms with Crippen LogP contribution < -0.4 is 0 Å². The van der Waals surface area contributed by atoms with Crippen LogP contribution in [0.25, 0.3) is 0 Å². The van der Waals surface area contributed by atoms with Crippen molar-refractivity contribution < 1.29 is 12.6 Å². The largest absolute Gasteiger partial charge is 0.258 e. The van der Waals surface area contributed by atoms with Crippen molar-refractivity contribution in [1.82, 2.24) is 0 Å². The average molecular weight is 209 g/mol. The molecular weight excluding hydrogens is 198 g/mol. The molecule has 0 aromatic heterocycles. The van der Waals surface area contributed by atoms with E-state index in [9.17, 15) is 12.6 Å². The van der Waals surface area contributed by atoms with E-state index in [1.54, 1.807) is 6.07 Å². The van der Waals surface area contributed by atoms with Crippen LogP contribution in [0.4, 0.5) is 0 Å². The molecule has 4 nitrogen and oxygen atoms in total. The lowest BCUT2D eigenvalue weighted by Gasteiger charge is -2.01. The zero-order valence-corrected chi connectivity index (χ0v) is 8.61. The number of hydrogen-bond donors (Lipinski definition) is 0. The van der Waals surface area contributed by atoms with Crippen LogP contribution in [0.15, 0.2) is 0 Å². The Balaban J connectivity index is 3.99. The first kappa shape index (κ1) is 11.6. The highest BCUT2D eigenvalue weighted by atomic mass is 32.2. The van der Waals surface area contributed by atoms with Crippen LogP contribution >= 0.6 is 0 Å². The standard InChI is InChI=1S/C6H11NO3S2/c1-6(5-7)11(8)3-4-12(2,9)10/h6H,3-4H2,1-2H3. The van der Waals surface area contributed by atoms with Gasteiger partial charge in [0.2, 0.25) is 0 Å². The molecule has 0 aromatic rings. The molecule has 0 aliphatic carbocycles. The molecule has 6 heteroatoms. The molecule has 70 valence electrons. The summed E-state index contributed by atoms with van der Waals surface area (Å²) in [7, 11) is -4.41. The molecule has 2 atom stereocenters. The first-order valence-corrected chi connectivity index (χ1v) is 6.75. The van der Waals surface area contributed by atoms with E-state index in [2.05, 4.69) is 0 Å². The molecule has 2 unspecified atom stereocenters. The van der Waals surface area contributed by atoms with Gasteiger partial charge in [-0.3, -0.25) is 4.21 Å². The van der Waals surface area contributed by atoms with E-state index in [1.165, 1.54) is 6.92 Å². The molecule has 0 radical (unpaired) electrons. The summed E-state index contributed by atoms with van der Waals surface area (Å²) in [4.78, 5) is 0. The maximum absolute atomic E-state index is 11.0. The molecule has 0 aromatic carbocycles. The van der Waals surface area contributed by atoms with E-state index >= 15 is 0 Å². The van der Waals surface area contributed by atoms with Gasteiger partial charge >= 0.3 is 0 Å². The van der Waals surface area contributed by atoms with Crippen molar-refractivity contribution in [2.45, 2.75) is 12.2 Å². The summed E-state index contributed by atoms with van der Waals surface area (Å²) in [6.45, 7) is 1.51. The summed E-state index contributed by atoms with van der Waals surface area (Å²) >= 11 is 0. The fourth-order valence-corrected chi connectivity index (χ4v) is 2.81. The molecular formula is C6H11NO3S2. The van der Waals surface area contributed by atoms with Crippen molar-refractivity contribution in [3.05, 3.63) is 0 Å². The highest BCUT2D eigenvalue weighted by Crippen LogP contribution is 1.95. The van der Waals surface area contributed by atoms with E-state index < -0.39 is 25.9 Å². The Morgan fingerprint density at radius 3 is 2.42 bits per heavy atom. The van der Waals surface area contributed by atoms with Gasteiger partial charge in [0.15, 0.2) is 0 Å². The molecule has 0 spiro atoms. The number of nitrogens with zero attached hydrogens (tertiary/aromatic N) is 1. The van der Waals surface area contributed by atoms with Gasteiger partial charge in [-0.05, 0) is 6.92 Å². The number of nitriles is 1. The molecule has 0 aliphatic rings. The molecule has 0 amide bonds. The third-order valence-electron chi connectivity index (χ3n) is 1.23. The quantitative estimate of drug-likeness (QED) is 0.636. The fourth-order valence-electron chi connectivity index (χ4n) is 0.469. The lowest BCUT2D eigenvalue weighted by molar-refractivity contribution is 0.602. The third kappa shape index (κ3) is 5.27. The van der Waals surface area contributed by atoms with E-state index in [-0.39, 0.29) is 11.5 Å². The minimum Gasteiger partial charge on any atom is -0.258 e. The smallest absolute Gasteiger partial charge is 0.148 e. The van der Waals surface area contributed by atoms with E-state index in [4.69, 9.17) is 5.26 Å². The van der Waals surface area contributed by atoms with Gasteiger partial charge in [-0.15, -0.1) is 0 Å². The Morgan fingerprint density at radius 1 is 1.58 bits per heavy atom. The lowest BCUT2D eigenvalue weighted by Crippen LogP contribution is -2.18. The Morgan fingerprint density at radius 2 is 2.08 bits per heavy atom. The summed E-state index contributed by atoms with van der Waals surface area (Å²) in [6, 6.07) is 1.81. The fraction of sp³-hybridized carbons (Fsp3) is 0.833.